The van der Waals surface area contributed by atoms with Crippen molar-refractivity contribution in [3.05, 3.63) is 101 Å². The molecular formula is C32H33F2N7O4S. The van der Waals surface area contributed by atoms with E-state index < -0.39 is 38.0 Å². The molecule has 0 radical (unpaired) electrons. The summed E-state index contributed by atoms with van der Waals surface area (Å²) in [6, 6.07) is 16.0. The summed E-state index contributed by atoms with van der Waals surface area (Å²) in [5, 5.41) is 12.7. The number of sulfonamides is 1. The van der Waals surface area contributed by atoms with Crippen LogP contribution in [-0.2, 0) is 22.1 Å². The molecule has 1 fully saturated rings. The number of likely N-dealkylation sites (N-methyl/N-ethyl adjacent to an activating group) is 1. The Labute approximate surface area is 265 Å². The number of carbonyl (C=O) groups excluding carboxylic acids is 2. The van der Waals surface area contributed by atoms with Gasteiger partial charge in [-0.25, -0.2) is 17.2 Å². The summed E-state index contributed by atoms with van der Waals surface area (Å²) in [6.45, 7) is 6.35. The number of carbonyl (C=O) groups is 2. The number of anilines is 3. The molecule has 3 aromatic carbocycles. The van der Waals surface area contributed by atoms with Crippen LogP contribution < -0.4 is 15.5 Å². The molecule has 6 rings (SSSR count). The molecule has 2 aliphatic heterocycles. The fourth-order valence-electron chi connectivity index (χ4n) is 5.84. The van der Waals surface area contributed by atoms with E-state index in [0.29, 0.717) is 28.6 Å². The van der Waals surface area contributed by atoms with Gasteiger partial charge in [-0.1, -0.05) is 18.2 Å². The van der Waals surface area contributed by atoms with Crippen LogP contribution in [0.5, 0.6) is 0 Å². The van der Waals surface area contributed by atoms with Crippen molar-refractivity contribution in [2.45, 2.75) is 30.8 Å². The van der Waals surface area contributed by atoms with E-state index in [1.54, 1.807) is 56.3 Å². The summed E-state index contributed by atoms with van der Waals surface area (Å²) in [6.07, 6.45) is 0. The van der Waals surface area contributed by atoms with Gasteiger partial charge in [-0.2, -0.15) is 9.40 Å². The van der Waals surface area contributed by atoms with Crippen LogP contribution in [0, 0.1) is 11.6 Å². The molecule has 46 heavy (non-hydrogen) atoms. The maximum absolute atomic E-state index is 13.9. The van der Waals surface area contributed by atoms with Crippen molar-refractivity contribution in [3.63, 3.8) is 0 Å². The molecule has 3 N–H and O–H groups in total. The predicted molar refractivity (Wildman–Crippen MR) is 169 cm³/mol. The molecule has 3 heterocycles. The molecular weight excluding hydrogens is 616 g/mol. The summed E-state index contributed by atoms with van der Waals surface area (Å²) in [5.41, 5.74) is 1.39. The molecule has 1 saturated heterocycles. The lowest BCUT2D eigenvalue weighted by Gasteiger charge is -2.34. The number of aromatic nitrogens is 2. The maximum Gasteiger partial charge on any atom is 0.258 e. The van der Waals surface area contributed by atoms with Crippen LogP contribution in [0.25, 0.3) is 0 Å². The third kappa shape index (κ3) is 5.86. The lowest BCUT2D eigenvalue weighted by Crippen LogP contribution is -2.44. The number of halogens is 2. The van der Waals surface area contributed by atoms with Crippen LogP contribution in [0.15, 0.2) is 71.6 Å². The summed E-state index contributed by atoms with van der Waals surface area (Å²) in [7, 11) is -2.30. The van der Waals surface area contributed by atoms with E-state index in [0.717, 1.165) is 48.3 Å². The van der Waals surface area contributed by atoms with E-state index in [1.165, 1.54) is 0 Å². The first-order valence-electron chi connectivity index (χ1n) is 14.7. The van der Waals surface area contributed by atoms with Crippen molar-refractivity contribution in [2.24, 2.45) is 0 Å². The monoisotopic (exact) mass is 649 g/mol. The van der Waals surface area contributed by atoms with Gasteiger partial charge in [0.15, 0.2) is 5.82 Å². The number of nitrogens with one attached hydrogen (secondary N) is 3. The number of H-pyrrole nitrogens is 1. The Balaban J connectivity index is 1.29. The summed E-state index contributed by atoms with van der Waals surface area (Å²) >= 11 is 0. The second kappa shape index (κ2) is 11.9. The van der Waals surface area contributed by atoms with E-state index in [9.17, 15) is 26.8 Å². The van der Waals surface area contributed by atoms with Gasteiger partial charge in [-0.15, -0.1) is 0 Å². The van der Waals surface area contributed by atoms with Crippen LogP contribution in [0.4, 0.5) is 26.0 Å². The summed E-state index contributed by atoms with van der Waals surface area (Å²) < 4.78 is 56.1. The molecule has 14 heteroatoms. The molecule has 0 saturated carbocycles. The van der Waals surface area contributed by atoms with Crippen LogP contribution in [0.3, 0.4) is 0 Å². The SMILES string of the molecule is CN1CCN(c2ccc(C(=O)Nc3n[nH]c4c3CN(S(=O)(=O)c3cc(F)cc(F)c3)C4(C)C)c(NC(=O)c3ccccc3)c2)CC1. The number of piperazine rings is 1. The highest BCUT2D eigenvalue weighted by atomic mass is 32.2. The van der Waals surface area contributed by atoms with E-state index in [1.807, 2.05) is 6.07 Å². The smallest absolute Gasteiger partial charge is 0.258 e. The molecule has 2 aliphatic rings. The van der Waals surface area contributed by atoms with Crippen molar-refractivity contribution >= 4 is 39.0 Å². The van der Waals surface area contributed by atoms with E-state index >= 15 is 0 Å². The first-order chi connectivity index (χ1) is 21.8. The molecule has 0 atom stereocenters. The first-order valence-corrected chi connectivity index (χ1v) is 16.1. The van der Waals surface area contributed by atoms with Crippen molar-refractivity contribution in [1.29, 1.82) is 0 Å². The van der Waals surface area contributed by atoms with Crippen LogP contribution >= 0.6 is 0 Å². The fraction of sp³-hybridized carbons (Fsp3) is 0.281. The van der Waals surface area contributed by atoms with Crippen LogP contribution in [0.2, 0.25) is 0 Å². The number of nitrogens with zero attached hydrogens (tertiary/aromatic N) is 4. The van der Waals surface area contributed by atoms with Gasteiger partial charge in [0, 0.05) is 55.6 Å². The van der Waals surface area contributed by atoms with E-state index in [-0.39, 0.29) is 23.8 Å². The molecule has 0 bridgehead atoms. The molecule has 240 valence electrons. The predicted octanol–water partition coefficient (Wildman–Crippen LogP) is 4.38. The normalized spacial score (nSPS) is 16.7. The van der Waals surface area contributed by atoms with Gasteiger partial charge < -0.3 is 20.4 Å². The molecule has 0 unspecified atom stereocenters. The Bertz CT molecular complexity index is 1900. The van der Waals surface area contributed by atoms with Crippen molar-refractivity contribution in [2.75, 3.05) is 48.8 Å². The first kappa shape index (κ1) is 31.3. The molecule has 0 spiro atoms. The molecule has 1 aromatic heterocycles. The molecule has 0 aliphatic carbocycles. The highest BCUT2D eigenvalue weighted by Crippen LogP contribution is 2.44. The Morgan fingerprint density at radius 1 is 0.891 bits per heavy atom. The minimum Gasteiger partial charge on any atom is -0.369 e. The van der Waals surface area contributed by atoms with Gasteiger partial charge in [0.2, 0.25) is 10.0 Å². The molecule has 11 nitrogen and oxygen atoms in total. The van der Waals surface area contributed by atoms with Crippen LogP contribution in [0.1, 0.15) is 45.8 Å². The third-order valence-corrected chi connectivity index (χ3v) is 10.5. The highest BCUT2D eigenvalue weighted by Gasteiger charge is 2.48. The number of fused-ring (bicyclic) bond motifs is 1. The summed E-state index contributed by atoms with van der Waals surface area (Å²) in [5.74, 6) is -2.90. The van der Waals surface area contributed by atoms with Gasteiger partial charge in [0.1, 0.15) is 11.6 Å². The summed E-state index contributed by atoms with van der Waals surface area (Å²) in [4.78, 5) is 30.8. The number of rotatable bonds is 7. The maximum atomic E-state index is 13.9. The van der Waals surface area contributed by atoms with Gasteiger partial charge in [0.05, 0.1) is 27.4 Å². The second-order valence-corrected chi connectivity index (χ2v) is 13.8. The number of amides is 2. The zero-order valence-corrected chi connectivity index (χ0v) is 26.3. The van der Waals surface area contributed by atoms with Gasteiger partial charge in [-0.05, 0) is 63.4 Å². The lowest BCUT2D eigenvalue weighted by molar-refractivity contribution is 0.102. The number of benzene rings is 3. The van der Waals surface area contributed by atoms with Crippen molar-refractivity contribution < 1.29 is 26.8 Å². The van der Waals surface area contributed by atoms with Gasteiger partial charge >= 0.3 is 0 Å². The van der Waals surface area contributed by atoms with Gasteiger partial charge in [0.25, 0.3) is 11.8 Å². The Hall–Kier alpha value is -4.66. The largest absolute Gasteiger partial charge is 0.369 e. The van der Waals surface area contributed by atoms with Crippen LogP contribution in [-0.4, -0.2) is 72.9 Å². The Morgan fingerprint density at radius 2 is 1.57 bits per heavy atom. The average molecular weight is 650 g/mol. The van der Waals surface area contributed by atoms with E-state index in [2.05, 4.69) is 37.7 Å². The quantitative estimate of drug-likeness (QED) is 0.271. The standard InChI is InChI=1S/C32H33F2N7O4S/c1-32(2)28-26(19-41(32)46(44,45)24-16-21(33)15-22(34)17-24)29(38-37-28)36-31(43)25-10-9-23(40-13-11-39(3)12-14-40)18-27(25)35-30(42)20-7-5-4-6-8-20/h4-10,15-18H,11-14,19H2,1-3H3,(H,35,42)(H2,36,37,38,43). The van der Waals surface area contributed by atoms with Crippen molar-refractivity contribution in [3.8, 4) is 0 Å². The Kier molecular flexibility index (Phi) is 8.12. The zero-order valence-electron chi connectivity index (χ0n) is 25.5. The second-order valence-electron chi connectivity index (χ2n) is 11.9. The van der Waals surface area contributed by atoms with E-state index in [4.69, 9.17) is 0 Å². The minimum absolute atomic E-state index is 0.0969. The molecule has 2 amide bonds. The lowest BCUT2D eigenvalue weighted by atomic mass is 10.0. The zero-order chi connectivity index (χ0) is 32.8. The third-order valence-electron chi connectivity index (χ3n) is 8.46. The topological polar surface area (TPSA) is 131 Å². The number of hydrogen-bond donors (Lipinski definition) is 3. The molecule has 4 aromatic rings. The minimum atomic E-state index is -4.35. The number of hydrogen-bond acceptors (Lipinski definition) is 7. The fourth-order valence-corrected chi connectivity index (χ4v) is 7.61. The average Bonchev–Trinajstić information content (AvgIpc) is 3.55. The number of aromatic amines is 1. The van der Waals surface area contributed by atoms with Gasteiger partial charge in [-0.3, -0.25) is 14.7 Å². The highest BCUT2D eigenvalue weighted by molar-refractivity contribution is 7.89. The Morgan fingerprint density at radius 3 is 2.24 bits per heavy atom. The van der Waals surface area contributed by atoms with Crippen molar-refractivity contribution in [1.82, 2.24) is 19.4 Å².